The lowest BCUT2D eigenvalue weighted by atomic mass is 9.71. The largest absolute Gasteiger partial charge is 0.341 e. The van der Waals surface area contributed by atoms with E-state index in [0.717, 1.165) is 17.7 Å². The zero-order chi connectivity index (χ0) is 16.5. The molecular weight excluding hydrogens is 286 g/mol. The van der Waals surface area contributed by atoms with Crippen LogP contribution in [-0.2, 0) is 12.5 Å². The van der Waals surface area contributed by atoms with E-state index in [-0.39, 0.29) is 17.0 Å². The number of rotatable bonds is 0. The van der Waals surface area contributed by atoms with Gasteiger partial charge < -0.3 is 4.57 Å². The second-order valence-corrected chi connectivity index (χ2v) is 7.30. The number of carbonyl (C=O) groups excluding carboxylic acids is 2. The number of aromatic nitrogens is 1. The average Bonchev–Trinajstić information content (AvgIpc) is 2.78. The first-order valence-electron chi connectivity index (χ1n) is 7.91. The number of hydrogen-bond acceptors (Lipinski definition) is 2. The van der Waals surface area contributed by atoms with Crippen LogP contribution in [0.15, 0.2) is 29.8 Å². The summed E-state index contributed by atoms with van der Waals surface area (Å²) in [6.07, 6.45) is 3.02. The van der Waals surface area contributed by atoms with Crippen molar-refractivity contribution in [1.29, 1.82) is 0 Å². The van der Waals surface area contributed by atoms with Crippen LogP contribution in [0.1, 0.15) is 70.4 Å². The second kappa shape index (κ2) is 4.31. The molecule has 2 aromatic rings. The first-order valence-corrected chi connectivity index (χ1v) is 7.91. The molecule has 0 spiro atoms. The minimum atomic E-state index is -0.151. The molecule has 0 unspecified atom stereocenters. The van der Waals surface area contributed by atoms with Crippen molar-refractivity contribution in [2.24, 2.45) is 7.05 Å². The van der Waals surface area contributed by atoms with Crippen molar-refractivity contribution < 1.29 is 9.59 Å². The highest BCUT2D eigenvalue weighted by Gasteiger charge is 2.42. The van der Waals surface area contributed by atoms with Crippen molar-refractivity contribution >= 4 is 17.6 Å². The van der Waals surface area contributed by atoms with Gasteiger partial charge >= 0.3 is 0 Å². The lowest BCUT2D eigenvalue weighted by Crippen LogP contribution is -2.27. The van der Waals surface area contributed by atoms with Crippen molar-refractivity contribution in [3.63, 3.8) is 0 Å². The van der Waals surface area contributed by atoms with Gasteiger partial charge in [0.15, 0.2) is 5.78 Å². The molecule has 1 heterocycles. The van der Waals surface area contributed by atoms with Crippen molar-refractivity contribution in [2.75, 3.05) is 0 Å². The molecule has 0 aliphatic heterocycles. The Morgan fingerprint density at radius 2 is 1.65 bits per heavy atom. The molecule has 4 rings (SSSR count). The first-order chi connectivity index (χ1) is 10.8. The van der Waals surface area contributed by atoms with Gasteiger partial charge in [0.1, 0.15) is 5.69 Å². The van der Waals surface area contributed by atoms with Crippen LogP contribution in [0.2, 0.25) is 0 Å². The van der Waals surface area contributed by atoms with Gasteiger partial charge in [-0.3, -0.25) is 9.59 Å². The molecule has 0 amide bonds. The number of hydrogen-bond donors (Lipinski definition) is 0. The SMILES string of the molecule is CC1=Cc2c(c3c(n2C)C(=O)c2ccccc2C3=O)C(C)(C)C1. The third-order valence-electron chi connectivity index (χ3n) is 5.08. The summed E-state index contributed by atoms with van der Waals surface area (Å²) in [5, 5.41) is 0. The zero-order valence-electron chi connectivity index (χ0n) is 13.9. The summed E-state index contributed by atoms with van der Waals surface area (Å²) >= 11 is 0. The monoisotopic (exact) mass is 305 g/mol. The van der Waals surface area contributed by atoms with Gasteiger partial charge in [-0.2, -0.15) is 0 Å². The Hall–Kier alpha value is -2.42. The van der Waals surface area contributed by atoms with Crippen LogP contribution in [0.5, 0.6) is 0 Å². The van der Waals surface area contributed by atoms with Crippen LogP contribution in [-0.4, -0.2) is 16.1 Å². The van der Waals surface area contributed by atoms with Gasteiger partial charge in [-0.15, -0.1) is 0 Å². The Balaban J connectivity index is 2.12. The molecule has 0 fully saturated rings. The number of nitrogens with zero attached hydrogens (tertiary/aromatic N) is 1. The highest BCUT2D eigenvalue weighted by Crippen LogP contribution is 2.45. The van der Waals surface area contributed by atoms with Crippen molar-refractivity contribution in [3.05, 3.63) is 63.5 Å². The molecule has 0 atom stereocenters. The van der Waals surface area contributed by atoms with Gasteiger partial charge in [0.25, 0.3) is 0 Å². The van der Waals surface area contributed by atoms with E-state index in [1.165, 1.54) is 5.57 Å². The number of fused-ring (bicyclic) bond motifs is 4. The van der Waals surface area contributed by atoms with E-state index in [9.17, 15) is 9.59 Å². The van der Waals surface area contributed by atoms with Gasteiger partial charge in [0.2, 0.25) is 5.78 Å². The Morgan fingerprint density at radius 1 is 1.04 bits per heavy atom. The molecule has 2 aliphatic rings. The van der Waals surface area contributed by atoms with E-state index in [4.69, 9.17) is 0 Å². The smallest absolute Gasteiger partial charge is 0.210 e. The second-order valence-electron chi connectivity index (χ2n) is 7.30. The fourth-order valence-electron chi connectivity index (χ4n) is 4.25. The Labute approximate surface area is 135 Å². The summed E-state index contributed by atoms with van der Waals surface area (Å²) in [6, 6.07) is 7.14. The third-order valence-corrected chi connectivity index (χ3v) is 5.08. The van der Waals surface area contributed by atoms with E-state index >= 15 is 0 Å². The van der Waals surface area contributed by atoms with Gasteiger partial charge in [0, 0.05) is 23.9 Å². The Bertz CT molecular complexity index is 925. The predicted octanol–water partition coefficient (Wildman–Crippen LogP) is 3.89. The highest BCUT2D eigenvalue weighted by molar-refractivity contribution is 6.29. The van der Waals surface area contributed by atoms with E-state index in [1.54, 1.807) is 12.1 Å². The van der Waals surface area contributed by atoms with Crippen LogP contribution in [0.25, 0.3) is 6.08 Å². The zero-order valence-corrected chi connectivity index (χ0v) is 13.9. The maximum atomic E-state index is 13.1. The predicted molar refractivity (Wildman–Crippen MR) is 90.0 cm³/mol. The topological polar surface area (TPSA) is 39.1 Å². The van der Waals surface area contributed by atoms with Crippen molar-refractivity contribution in [2.45, 2.75) is 32.6 Å². The van der Waals surface area contributed by atoms with Gasteiger partial charge in [-0.05, 0) is 30.4 Å². The molecule has 0 bridgehead atoms. The molecule has 116 valence electrons. The quantitative estimate of drug-likeness (QED) is 0.632. The van der Waals surface area contributed by atoms with Crippen LogP contribution in [0.4, 0.5) is 0 Å². The maximum Gasteiger partial charge on any atom is 0.210 e. The normalized spacial score (nSPS) is 18.2. The molecule has 3 nitrogen and oxygen atoms in total. The summed E-state index contributed by atoms with van der Waals surface area (Å²) in [5.74, 6) is -0.0676. The minimum absolute atomic E-state index is 0.0203. The number of allylic oxidation sites excluding steroid dienone is 1. The molecule has 0 radical (unpaired) electrons. The molecule has 2 aliphatic carbocycles. The Morgan fingerprint density at radius 3 is 2.30 bits per heavy atom. The third kappa shape index (κ3) is 1.70. The molecule has 1 aromatic heterocycles. The molecule has 1 aromatic carbocycles. The summed E-state index contributed by atoms with van der Waals surface area (Å²) < 4.78 is 1.91. The summed E-state index contributed by atoms with van der Waals surface area (Å²) in [7, 11) is 1.89. The average molecular weight is 305 g/mol. The Kier molecular flexibility index (Phi) is 2.66. The lowest BCUT2D eigenvalue weighted by Gasteiger charge is -2.31. The maximum absolute atomic E-state index is 13.1. The van der Waals surface area contributed by atoms with Crippen LogP contribution in [0.3, 0.4) is 0 Å². The van der Waals surface area contributed by atoms with Gasteiger partial charge in [-0.25, -0.2) is 0 Å². The van der Waals surface area contributed by atoms with Crippen LogP contribution >= 0.6 is 0 Å². The molecule has 23 heavy (non-hydrogen) atoms. The van der Waals surface area contributed by atoms with E-state index in [2.05, 4.69) is 26.8 Å². The molecule has 0 saturated heterocycles. The van der Waals surface area contributed by atoms with E-state index in [1.807, 2.05) is 23.7 Å². The number of carbonyl (C=O) groups is 2. The molecule has 3 heteroatoms. The standard InChI is InChI=1S/C20H19NO2/c1-11-9-14-16(20(2,3)10-11)15-17(21(14)4)19(23)13-8-6-5-7-12(13)18(15)22/h5-9H,10H2,1-4H3. The molecule has 0 N–H and O–H groups in total. The lowest BCUT2D eigenvalue weighted by molar-refractivity contribution is 0.0973. The first kappa shape index (κ1) is 14.2. The fraction of sp³-hybridized carbons (Fsp3) is 0.300. The van der Waals surface area contributed by atoms with Crippen LogP contribution in [0, 0.1) is 0 Å². The van der Waals surface area contributed by atoms with Gasteiger partial charge in [-0.1, -0.05) is 43.7 Å². The summed E-state index contributed by atoms with van der Waals surface area (Å²) in [6.45, 7) is 6.41. The van der Waals surface area contributed by atoms with Crippen molar-refractivity contribution in [1.82, 2.24) is 4.57 Å². The van der Waals surface area contributed by atoms with Crippen molar-refractivity contribution in [3.8, 4) is 0 Å². The summed E-state index contributed by atoms with van der Waals surface area (Å²) in [5.41, 5.74) is 5.34. The number of ketones is 2. The molecule has 0 saturated carbocycles. The summed E-state index contributed by atoms with van der Waals surface area (Å²) in [4.78, 5) is 26.1. The fourth-order valence-corrected chi connectivity index (χ4v) is 4.25. The van der Waals surface area contributed by atoms with E-state index in [0.29, 0.717) is 22.4 Å². The van der Waals surface area contributed by atoms with E-state index < -0.39 is 0 Å². The highest BCUT2D eigenvalue weighted by atomic mass is 16.1. The molecular formula is C20H19NO2. The van der Waals surface area contributed by atoms with Gasteiger partial charge in [0.05, 0.1) is 5.56 Å². The number of benzene rings is 1. The minimum Gasteiger partial charge on any atom is -0.341 e. The van der Waals surface area contributed by atoms with Crippen LogP contribution < -0.4 is 0 Å².